The summed E-state index contributed by atoms with van der Waals surface area (Å²) in [6, 6.07) is 13.1. The van der Waals surface area contributed by atoms with E-state index < -0.39 is 0 Å². The molecule has 0 saturated carbocycles. The third-order valence-corrected chi connectivity index (χ3v) is 4.18. The number of rotatable bonds is 7. The van der Waals surface area contributed by atoms with Crippen LogP contribution in [0.4, 0.5) is 5.69 Å². The minimum Gasteiger partial charge on any atom is -0.489 e. The molecule has 1 amide bonds. The summed E-state index contributed by atoms with van der Waals surface area (Å²) in [4.78, 5) is 14.1. The average molecular weight is 404 g/mol. The van der Waals surface area contributed by atoms with Gasteiger partial charge in [0.25, 0.3) is 0 Å². The maximum absolute atomic E-state index is 12.5. The first kappa shape index (κ1) is 21.6. The molecule has 5 nitrogen and oxygen atoms in total. The molecule has 1 aliphatic heterocycles. The first-order valence-corrected chi connectivity index (χ1v) is 9.84. The highest BCUT2D eigenvalue weighted by Gasteiger charge is 2.21. The number of para-hydroxylation sites is 1. The van der Waals surface area contributed by atoms with E-state index in [4.69, 9.17) is 25.8 Å². The number of ether oxygens (including phenoxy) is 3. The summed E-state index contributed by atoms with van der Waals surface area (Å²) in [6.07, 6.45) is 3.86. The Labute approximate surface area is 171 Å². The standard InChI is InChI=1S/C20H20ClNO4.C2H6/c1-2-3-10-24-17-7-5-4-6-15(17)13-22(20(23)12-21)16-8-9-18-19(11-16)26-14-25-18;1-2/h2-9,11H,10,12-14H2,1H3;1-2H3/b3-2+;. The van der Waals surface area contributed by atoms with Crippen LogP contribution in [0.3, 0.4) is 0 Å². The number of carbonyl (C=O) groups is 1. The molecular formula is C22H26ClNO4. The number of allylic oxidation sites excluding steroid dienone is 1. The Balaban J connectivity index is 0.00000136. The van der Waals surface area contributed by atoms with E-state index in [2.05, 4.69) is 0 Å². The summed E-state index contributed by atoms with van der Waals surface area (Å²) in [5.41, 5.74) is 1.59. The number of carbonyl (C=O) groups excluding carboxylic acids is 1. The monoisotopic (exact) mass is 403 g/mol. The zero-order valence-electron chi connectivity index (χ0n) is 16.5. The zero-order valence-corrected chi connectivity index (χ0v) is 17.2. The quantitative estimate of drug-likeness (QED) is 0.472. The van der Waals surface area contributed by atoms with E-state index in [9.17, 15) is 4.79 Å². The average Bonchev–Trinajstić information content (AvgIpc) is 3.22. The van der Waals surface area contributed by atoms with Crippen molar-refractivity contribution < 1.29 is 19.0 Å². The van der Waals surface area contributed by atoms with Crippen LogP contribution in [-0.4, -0.2) is 25.2 Å². The summed E-state index contributed by atoms with van der Waals surface area (Å²) in [5, 5.41) is 0. The van der Waals surface area contributed by atoms with Crippen LogP contribution in [0.1, 0.15) is 26.3 Å². The molecule has 0 saturated heterocycles. The van der Waals surface area contributed by atoms with E-state index >= 15 is 0 Å². The Morgan fingerprint density at radius 2 is 1.93 bits per heavy atom. The maximum atomic E-state index is 12.5. The van der Waals surface area contributed by atoms with Gasteiger partial charge in [-0.05, 0) is 25.1 Å². The summed E-state index contributed by atoms with van der Waals surface area (Å²) in [5.74, 6) is 1.71. The largest absolute Gasteiger partial charge is 0.489 e. The highest BCUT2D eigenvalue weighted by Crippen LogP contribution is 2.36. The number of hydrogen-bond acceptors (Lipinski definition) is 4. The lowest BCUT2D eigenvalue weighted by Gasteiger charge is -2.23. The van der Waals surface area contributed by atoms with Gasteiger partial charge in [0.15, 0.2) is 11.5 Å². The lowest BCUT2D eigenvalue weighted by atomic mass is 10.1. The molecule has 0 unspecified atom stereocenters. The van der Waals surface area contributed by atoms with Gasteiger partial charge < -0.3 is 19.1 Å². The molecule has 0 spiro atoms. The first-order valence-electron chi connectivity index (χ1n) is 9.30. The number of nitrogens with zero attached hydrogens (tertiary/aromatic N) is 1. The van der Waals surface area contributed by atoms with Crippen molar-refractivity contribution in [1.29, 1.82) is 0 Å². The molecule has 1 heterocycles. The fourth-order valence-corrected chi connectivity index (χ4v) is 2.77. The first-order chi connectivity index (χ1) is 13.7. The van der Waals surface area contributed by atoms with Gasteiger partial charge in [0, 0.05) is 17.3 Å². The zero-order chi connectivity index (χ0) is 20.4. The molecule has 0 fully saturated rings. The molecule has 0 N–H and O–H groups in total. The maximum Gasteiger partial charge on any atom is 0.242 e. The summed E-state index contributed by atoms with van der Waals surface area (Å²) < 4.78 is 16.5. The number of alkyl halides is 1. The molecule has 2 aromatic carbocycles. The van der Waals surface area contributed by atoms with Crippen molar-refractivity contribution in [3.63, 3.8) is 0 Å². The summed E-state index contributed by atoms with van der Waals surface area (Å²) in [7, 11) is 0. The predicted octanol–water partition coefficient (Wildman–Crippen LogP) is 5.17. The minimum absolute atomic E-state index is 0.115. The van der Waals surface area contributed by atoms with Crippen molar-refractivity contribution in [3.05, 3.63) is 60.2 Å². The second kappa shape index (κ2) is 11.2. The molecule has 0 aromatic heterocycles. The number of anilines is 1. The lowest BCUT2D eigenvalue weighted by molar-refractivity contribution is -0.116. The van der Waals surface area contributed by atoms with Gasteiger partial charge in [-0.2, -0.15) is 0 Å². The molecule has 3 rings (SSSR count). The van der Waals surface area contributed by atoms with Crippen molar-refractivity contribution in [2.24, 2.45) is 0 Å². The highest BCUT2D eigenvalue weighted by atomic mass is 35.5. The molecule has 1 aliphatic rings. The molecule has 28 heavy (non-hydrogen) atoms. The second-order valence-electron chi connectivity index (χ2n) is 5.64. The Hall–Kier alpha value is -2.66. The highest BCUT2D eigenvalue weighted by molar-refractivity contribution is 6.29. The van der Waals surface area contributed by atoms with Crippen LogP contribution in [0.5, 0.6) is 17.2 Å². The second-order valence-corrected chi connectivity index (χ2v) is 5.91. The lowest BCUT2D eigenvalue weighted by Crippen LogP contribution is -2.31. The number of halogens is 1. The van der Waals surface area contributed by atoms with Crippen molar-refractivity contribution >= 4 is 23.2 Å². The van der Waals surface area contributed by atoms with E-state index in [0.717, 1.165) is 11.3 Å². The number of hydrogen-bond donors (Lipinski definition) is 0. The Bertz CT molecular complexity index is 807. The number of fused-ring (bicyclic) bond motifs is 1. The fraction of sp³-hybridized carbons (Fsp3) is 0.318. The summed E-state index contributed by atoms with van der Waals surface area (Å²) in [6.45, 7) is 6.94. The van der Waals surface area contributed by atoms with Crippen LogP contribution in [0, 0.1) is 0 Å². The molecule has 2 aromatic rings. The Morgan fingerprint density at radius 3 is 2.68 bits per heavy atom. The third-order valence-electron chi connectivity index (χ3n) is 3.96. The van der Waals surface area contributed by atoms with Gasteiger partial charge in [0.1, 0.15) is 18.2 Å². The topological polar surface area (TPSA) is 48.0 Å². The minimum atomic E-state index is -0.200. The van der Waals surface area contributed by atoms with Gasteiger partial charge in [0.05, 0.1) is 6.54 Å². The molecule has 0 atom stereocenters. The van der Waals surface area contributed by atoms with Crippen molar-refractivity contribution in [3.8, 4) is 17.2 Å². The SMILES string of the molecule is C/C=C/COc1ccccc1CN(C(=O)CCl)c1ccc2c(c1)OCO2.CC. The fourth-order valence-electron chi connectivity index (χ4n) is 2.63. The van der Waals surface area contributed by atoms with Crippen molar-refractivity contribution in [2.75, 3.05) is 24.2 Å². The molecular weight excluding hydrogens is 378 g/mol. The van der Waals surface area contributed by atoms with Gasteiger partial charge >= 0.3 is 0 Å². The normalized spacial score (nSPS) is 11.7. The number of benzene rings is 2. The van der Waals surface area contributed by atoms with E-state index in [1.54, 1.807) is 17.0 Å². The Kier molecular flexibility index (Phi) is 8.69. The molecule has 6 heteroatoms. The van der Waals surface area contributed by atoms with E-state index in [0.29, 0.717) is 30.3 Å². The predicted molar refractivity (Wildman–Crippen MR) is 113 cm³/mol. The molecule has 0 bridgehead atoms. The molecule has 0 aliphatic carbocycles. The Morgan fingerprint density at radius 1 is 1.18 bits per heavy atom. The van der Waals surface area contributed by atoms with Crippen LogP contribution in [-0.2, 0) is 11.3 Å². The van der Waals surface area contributed by atoms with Crippen LogP contribution in [0.15, 0.2) is 54.6 Å². The van der Waals surface area contributed by atoms with Crippen molar-refractivity contribution in [2.45, 2.75) is 27.3 Å². The smallest absolute Gasteiger partial charge is 0.242 e. The van der Waals surface area contributed by atoms with Crippen LogP contribution < -0.4 is 19.1 Å². The third kappa shape index (κ3) is 5.42. The van der Waals surface area contributed by atoms with Crippen LogP contribution in [0.25, 0.3) is 0 Å². The van der Waals surface area contributed by atoms with Crippen LogP contribution in [0.2, 0.25) is 0 Å². The van der Waals surface area contributed by atoms with Crippen LogP contribution >= 0.6 is 11.6 Å². The van der Waals surface area contributed by atoms with Gasteiger partial charge in [-0.25, -0.2) is 0 Å². The summed E-state index contributed by atoms with van der Waals surface area (Å²) >= 11 is 5.83. The van der Waals surface area contributed by atoms with E-state index in [-0.39, 0.29) is 18.6 Å². The molecule has 150 valence electrons. The van der Waals surface area contributed by atoms with Gasteiger partial charge in [-0.1, -0.05) is 44.2 Å². The molecule has 0 radical (unpaired) electrons. The van der Waals surface area contributed by atoms with E-state index in [1.165, 1.54) is 0 Å². The van der Waals surface area contributed by atoms with Gasteiger partial charge in [0.2, 0.25) is 12.7 Å². The van der Waals surface area contributed by atoms with Crippen molar-refractivity contribution in [1.82, 2.24) is 0 Å². The van der Waals surface area contributed by atoms with Gasteiger partial charge in [-0.3, -0.25) is 4.79 Å². The van der Waals surface area contributed by atoms with E-state index in [1.807, 2.05) is 63.3 Å². The number of amides is 1. The van der Waals surface area contributed by atoms with Gasteiger partial charge in [-0.15, -0.1) is 11.6 Å².